The Morgan fingerprint density at radius 2 is 1.87 bits per heavy atom. The molecule has 1 saturated carbocycles. The summed E-state index contributed by atoms with van der Waals surface area (Å²) >= 11 is 0. The summed E-state index contributed by atoms with van der Waals surface area (Å²) in [4.78, 5) is 2.51. The minimum atomic E-state index is 0.713. The average Bonchev–Trinajstić information content (AvgIpc) is 2.28. The van der Waals surface area contributed by atoms with Gasteiger partial charge in [0.15, 0.2) is 0 Å². The van der Waals surface area contributed by atoms with Gasteiger partial charge < -0.3 is 10.6 Å². The molecule has 0 bridgehead atoms. The molecule has 90 valence electrons. The van der Waals surface area contributed by atoms with Crippen LogP contribution in [0.3, 0.4) is 0 Å². The van der Waals surface area contributed by atoms with Gasteiger partial charge in [-0.15, -0.1) is 0 Å². The van der Waals surface area contributed by atoms with Crippen LogP contribution in [-0.4, -0.2) is 31.1 Å². The summed E-state index contributed by atoms with van der Waals surface area (Å²) < 4.78 is 0. The van der Waals surface area contributed by atoms with E-state index in [0.717, 1.165) is 18.4 Å². The minimum absolute atomic E-state index is 0.713. The van der Waals surface area contributed by atoms with Crippen molar-refractivity contribution in [2.45, 2.75) is 52.0 Å². The molecule has 3 atom stereocenters. The highest BCUT2D eigenvalue weighted by molar-refractivity contribution is 4.79. The maximum atomic E-state index is 5.86. The van der Waals surface area contributed by atoms with Crippen LogP contribution in [0.15, 0.2) is 0 Å². The molecule has 15 heavy (non-hydrogen) atoms. The van der Waals surface area contributed by atoms with Crippen LogP contribution < -0.4 is 5.73 Å². The van der Waals surface area contributed by atoms with Gasteiger partial charge in [0.1, 0.15) is 0 Å². The molecule has 2 heteroatoms. The lowest BCUT2D eigenvalue weighted by Crippen LogP contribution is -2.38. The van der Waals surface area contributed by atoms with E-state index in [9.17, 15) is 0 Å². The van der Waals surface area contributed by atoms with Gasteiger partial charge in [-0.2, -0.15) is 0 Å². The smallest absolute Gasteiger partial charge is 0.00613 e. The molecule has 1 fully saturated rings. The van der Waals surface area contributed by atoms with Crippen molar-refractivity contribution in [3.05, 3.63) is 0 Å². The first-order valence-electron chi connectivity index (χ1n) is 6.59. The van der Waals surface area contributed by atoms with Gasteiger partial charge in [-0.1, -0.05) is 19.8 Å². The molecule has 1 aliphatic rings. The second-order valence-corrected chi connectivity index (χ2v) is 5.24. The van der Waals surface area contributed by atoms with E-state index in [1.165, 1.54) is 38.6 Å². The van der Waals surface area contributed by atoms with Crippen molar-refractivity contribution in [2.75, 3.05) is 20.1 Å². The van der Waals surface area contributed by atoms with E-state index >= 15 is 0 Å². The van der Waals surface area contributed by atoms with E-state index in [0.29, 0.717) is 6.04 Å². The quantitative estimate of drug-likeness (QED) is 0.758. The molecule has 1 rings (SSSR count). The summed E-state index contributed by atoms with van der Waals surface area (Å²) in [6.07, 6.45) is 6.80. The Hall–Kier alpha value is -0.0800. The molecule has 0 radical (unpaired) electrons. The molecule has 0 amide bonds. The van der Waals surface area contributed by atoms with Crippen LogP contribution in [-0.2, 0) is 0 Å². The molecule has 0 saturated heterocycles. The van der Waals surface area contributed by atoms with Crippen molar-refractivity contribution in [3.8, 4) is 0 Å². The fourth-order valence-corrected chi connectivity index (χ4v) is 2.70. The SMILES string of the molecule is CCC(C)N(C)CC1CCCCC1CN. The molecule has 2 nitrogen and oxygen atoms in total. The van der Waals surface area contributed by atoms with E-state index in [-0.39, 0.29) is 0 Å². The number of rotatable bonds is 5. The van der Waals surface area contributed by atoms with E-state index in [1.807, 2.05) is 0 Å². The molecule has 0 aliphatic heterocycles. The zero-order chi connectivity index (χ0) is 11.3. The summed E-state index contributed by atoms with van der Waals surface area (Å²) in [7, 11) is 2.26. The first-order valence-corrected chi connectivity index (χ1v) is 6.59. The van der Waals surface area contributed by atoms with Crippen LogP contribution in [0.25, 0.3) is 0 Å². The van der Waals surface area contributed by atoms with E-state index in [4.69, 9.17) is 5.73 Å². The Morgan fingerprint density at radius 1 is 1.27 bits per heavy atom. The van der Waals surface area contributed by atoms with E-state index in [1.54, 1.807) is 0 Å². The van der Waals surface area contributed by atoms with Gasteiger partial charge in [0.2, 0.25) is 0 Å². The van der Waals surface area contributed by atoms with Gasteiger partial charge in [-0.25, -0.2) is 0 Å². The summed E-state index contributed by atoms with van der Waals surface area (Å²) in [6, 6.07) is 0.713. The highest BCUT2D eigenvalue weighted by Crippen LogP contribution is 2.30. The standard InChI is InChI=1S/C13H28N2/c1-4-11(2)15(3)10-13-8-6-5-7-12(13)9-14/h11-13H,4-10,14H2,1-3H3. The first kappa shape index (κ1) is 13.0. The molecular weight excluding hydrogens is 184 g/mol. The fraction of sp³-hybridized carbons (Fsp3) is 1.00. The zero-order valence-electron chi connectivity index (χ0n) is 10.7. The molecule has 0 heterocycles. The van der Waals surface area contributed by atoms with Crippen molar-refractivity contribution >= 4 is 0 Å². The topological polar surface area (TPSA) is 29.3 Å². The van der Waals surface area contributed by atoms with Gasteiger partial charge in [0.25, 0.3) is 0 Å². The van der Waals surface area contributed by atoms with Gasteiger partial charge >= 0.3 is 0 Å². The molecule has 1 aliphatic carbocycles. The van der Waals surface area contributed by atoms with Crippen molar-refractivity contribution in [1.29, 1.82) is 0 Å². The van der Waals surface area contributed by atoms with Crippen LogP contribution in [0.5, 0.6) is 0 Å². The molecule has 0 aromatic carbocycles. The second-order valence-electron chi connectivity index (χ2n) is 5.24. The van der Waals surface area contributed by atoms with E-state index in [2.05, 4.69) is 25.8 Å². The molecule has 0 spiro atoms. The normalized spacial score (nSPS) is 29.4. The van der Waals surface area contributed by atoms with Gasteiger partial charge in [0.05, 0.1) is 0 Å². The summed E-state index contributed by atoms with van der Waals surface area (Å²) in [5, 5.41) is 0. The summed E-state index contributed by atoms with van der Waals surface area (Å²) in [5.41, 5.74) is 5.86. The zero-order valence-corrected chi connectivity index (χ0v) is 10.7. The fourth-order valence-electron chi connectivity index (χ4n) is 2.70. The lowest BCUT2D eigenvalue weighted by molar-refractivity contribution is 0.146. The average molecular weight is 212 g/mol. The number of nitrogens with two attached hydrogens (primary N) is 1. The molecule has 3 unspecified atom stereocenters. The third-order valence-corrected chi connectivity index (χ3v) is 4.24. The van der Waals surface area contributed by atoms with Gasteiger partial charge in [0, 0.05) is 12.6 Å². The van der Waals surface area contributed by atoms with Crippen molar-refractivity contribution in [1.82, 2.24) is 4.90 Å². The summed E-state index contributed by atoms with van der Waals surface area (Å²) in [6.45, 7) is 6.72. The number of nitrogens with zero attached hydrogens (tertiary/aromatic N) is 1. The third kappa shape index (κ3) is 3.76. The Morgan fingerprint density at radius 3 is 2.40 bits per heavy atom. The van der Waals surface area contributed by atoms with Crippen LogP contribution in [0.1, 0.15) is 46.0 Å². The minimum Gasteiger partial charge on any atom is -0.330 e. The Kier molecular flexibility index (Phi) is 5.62. The monoisotopic (exact) mass is 212 g/mol. The first-order chi connectivity index (χ1) is 7.19. The van der Waals surface area contributed by atoms with Gasteiger partial charge in [-0.05, 0) is 51.6 Å². The predicted molar refractivity (Wildman–Crippen MR) is 66.9 cm³/mol. The Bertz CT molecular complexity index is 170. The van der Waals surface area contributed by atoms with Crippen molar-refractivity contribution in [3.63, 3.8) is 0 Å². The predicted octanol–water partition coefficient (Wildman–Crippen LogP) is 2.48. The van der Waals surface area contributed by atoms with Crippen LogP contribution in [0, 0.1) is 11.8 Å². The molecule has 0 aromatic rings. The van der Waals surface area contributed by atoms with Crippen LogP contribution in [0.2, 0.25) is 0 Å². The highest BCUT2D eigenvalue weighted by atomic mass is 15.1. The lowest BCUT2D eigenvalue weighted by Gasteiger charge is -2.35. The Labute approximate surface area is 95.2 Å². The van der Waals surface area contributed by atoms with Crippen LogP contribution >= 0.6 is 0 Å². The molecule has 2 N–H and O–H groups in total. The molecular formula is C13H28N2. The summed E-state index contributed by atoms with van der Waals surface area (Å²) in [5.74, 6) is 1.63. The largest absolute Gasteiger partial charge is 0.330 e. The second kappa shape index (κ2) is 6.49. The maximum Gasteiger partial charge on any atom is 0.00613 e. The number of hydrogen-bond donors (Lipinski definition) is 1. The van der Waals surface area contributed by atoms with Crippen molar-refractivity contribution < 1.29 is 0 Å². The van der Waals surface area contributed by atoms with Crippen molar-refractivity contribution in [2.24, 2.45) is 17.6 Å². The lowest BCUT2D eigenvalue weighted by atomic mass is 9.79. The van der Waals surface area contributed by atoms with Crippen LogP contribution in [0.4, 0.5) is 0 Å². The van der Waals surface area contributed by atoms with E-state index < -0.39 is 0 Å². The van der Waals surface area contributed by atoms with Gasteiger partial charge in [-0.3, -0.25) is 0 Å². The Balaban J connectivity index is 2.40. The molecule has 0 aromatic heterocycles. The highest BCUT2D eigenvalue weighted by Gasteiger charge is 2.25. The maximum absolute atomic E-state index is 5.86. The third-order valence-electron chi connectivity index (χ3n) is 4.24. The number of hydrogen-bond acceptors (Lipinski definition) is 2.